The van der Waals surface area contributed by atoms with Crippen molar-refractivity contribution in [3.63, 3.8) is 0 Å². The van der Waals surface area contributed by atoms with E-state index in [9.17, 15) is 13.2 Å². The third kappa shape index (κ3) is 1.88. The molecule has 1 heterocycles. The maximum Gasteiger partial charge on any atom is 0.432 e. The van der Waals surface area contributed by atoms with Gasteiger partial charge in [0.1, 0.15) is 5.69 Å². The van der Waals surface area contributed by atoms with Crippen LogP contribution in [0.25, 0.3) is 16.6 Å². The smallest absolute Gasteiger partial charge is 0.305 e. The van der Waals surface area contributed by atoms with Gasteiger partial charge in [0, 0.05) is 11.1 Å². The summed E-state index contributed by atoms with van der Waals surface area (Å²) >= 11 is 0. The summed E-state index contributed by atoms with van der Waals surface area (Å²) in [6, 6.07) is 15.6. The van der Waals surface area contributed by atoms with Crippen LogP contribution in [0.5, 0.6) is 0 Å². The predicted molar refractivity (Wildman–Crippen MR) is 73.0 cm³/mol. The van der Waals surface area contributed by atoms with Crippen LogP contribution in [0.2, 0.25) is 0 Å². The molecule has 0 aliphatic heterocycles. The molecule has 0 radical (unpaired) electrons. The van der Waals surface area contributed by atoms with Gasteiger partial charge in [-0.25, -0.2) is 0 Å². The van der Waals surface area contributed by atoms with Crippen molar-refractivity contribution in [1.29, 1.82) is 0 Å². The lowest BCUT2D eigenvalue weighted by atomic mass is 10.1. The van der Waals surface area contributed by atoms with Crippen LogP contribution in [0.1, 0.15) is 11.3 Å². The summed E-state index contributed by atoms with van der Waals surface area (Å²) in [5.74, 6) is 0. The van der Waals surface area contributed by atoms with Crippen LogP contribution in [0.4, 0.5) is 13.2 Å². The fourth-order valence-electron chi connectivity index (χ4n) is 2.59. The lowest BCUT2D eigenvalue weighted by Gasteiger charge is -2.14. The van der Waals surface area contributed by atoms with Crippen molar-refractivity contribution in [2.75, 3.05) is 0 Å². The van der Waals surface area contributed by atoms with E-state index in [1.165, 1.54) is 11.5 Å². The number of halogens is 3. The molecule has 0 bridgehead atoms. The Bertz CT molecular complexity index is 754. The van der Waals surface area contributed by atoms with Crippen molar-refractivity contribution >= 4 is 10.9 Å². The Morgan fingerprint density at radius 2 is 1.45 bits per heavy atom. The number of nitrogens with zero attached hydrogens (tertiary/aromatic N) is 1. The van der Waals surface area contributed by atoms with Crippen molar-refractivity contribution < 1.29 is 13.2 Å². The summed E-state index contributed by atoms with van der Waals surface area (Å²) in [5, 5.41) is 0.628. The molecule has 4 heteroatoms. The van der Waals surface area contributed by atoms with Crippen LogP contribution >= 0.6 is 0 Å². The van der Waals surface area contributed by atoms with E-state index in [1.807, 2.05) is 0 Å². The average molecular weight is 275 g/mol. The standard InChI is InChI=1S/C16H12F3N/c1-11-13-9-5-6-10-14(13)20(15(11)16(17,18)19)12-7-3-2-4-8-12/h2-10H,1H3. The minimum Gasteiger partial charge on any atom is -0.305 e. The molecule has 3 rings (SSSR count). The van der Waals surface area contributed by atoms with Crippen molar-refractivity contribution in [1.82, 2.24) is 4.57 Å². The van der Waals surface area contributed by atoms with Crippen molar-refractivity contribution in [2.45, 2.75) is 13.1 Å². The van der Waals surface area contributed by atoms with Crippen LogP contribution in [-0.4, -0.2) is 4.57 Å². The Kier molecular flexibility index (Phi) is 2.82. The quantitative estimate of drug-likeness (QED) is 0.591. The number of hydrogen-bond donors (Lipinski definition) is 0. The Labute approximate surface area is 114 Å². The second-order valence-corrected chi connectivity index (χ2v) is 4.66. The molecule has 0 amide bonds. The van der Waals surface area contributed by atoms with Gasteiger partial charge in [-0.3, -0.25) is 0 Å². The number of fused-ring (bicyclic) bond motifs is 1. The number of alkyl halides is 3. The molecule has 3 aromatic rings. The van der Waals surface area contributed by atoms with Crippen LogP contribution in [0, 0.1) is 6.92 Å². The third-order valence-electron chi connectivity index (χ3n) is 3.41. The highest BCUT2D eigenvalue weighted by Gasteiger charge is 2.38. The lowest BCUT2D eigenvalue weighted by Crippen LogP contribution is -2.13. The summed E-state index contributed by atoms with van der Waals surface area (Å²) in [6.07, 6.45) is -4.39. The number of hydrogen-bond acceptors (Lipinski definition) is 0. The number of para-hydroxylation sites is 2. The molecule has 102 valence electrons. The molecule has 0 N–H and O–H groups in total. The van der Waals surface area contributed by atoms with Crippen LogP contribution in [0.3, 0.4) is 0 Å². The van der Waals surface area contributed by atoms with Gasteiger partial charge in [0.25, 0.3) is 0 Å². The van der Waals surface area contributed by atoms with Gasteiger partial charge in [-0.05, 0) is 30.7 Å². The minimum atomic E-state index is -4.39. The Hall–Kier alpha value is -2.23. The first kappa shape index (κ1) is 12.8. The molecule has 0 spiro atoms. The van der Waals surface area contributed by atoms with E-state index in [1.54, 1.807) is 54.6 Å². The van der Waals surface area contributed by atoms with E-state index in [-0.39, 0.29) is 5.56 Å². The number of aromatic nitrogens is 1. The molecule has 0 unspecified atom stereocenters. The SMILES string of the molecule is Cc1c(C(F)(F)F)n(-c2ccccc2)c2ccccc12. The molecule has 1 nitrogen and oxygen atoms in total. The molecule has 0 aliphatic carbocycles. The maximum atomic E-state index is 13.4. The monoisotopic (exact) mass is 275 g/mol. The number of aryl methyl sites for hydroxylation is 1. The summed E-state index contributed by atoms with van der Waals surface area (Å²) in [4.78, 5) is 0. The second-order valence-electron chi connectivity index (χ2n) is 4.66. The van der Waals surface area contributed by atoms with Gasteiger partial charge in [0.15, 0.2) is 0 Å². The first-order valence-electron chi connectivity index (χ1n) is 6.23. The second kappa shape index (κ2) is 4.40. The van der Waals surface area contributed by atoms with Gasteiger partial charge in [-0.2, -0.15) is 13.2 Å². The highest BCUT2D eigenvalue weighted by Crippen LogP contribution is 2.39. The third-order valence-corrected chi connectivity index (χ3v) is 3.41. The fraction of sp³-hybridized carbons (Fsp3) is 0.125. The molecular formula is C16H12F3N. The van der Waals surface area contributed by atoms with Gasteiger partial charge < -0.3 is 4.57 Å². The molecule has 0 aliphatic rings. The normalized spacial score (nSPS) is 12.0. The maximum absolute atomic E-state index is 13.4. The molecular weight excluding hydrogens is 263 g/mol. The topological polar surface area (TPSA) is 4.93 Å². The lowest BCUT2D eigenvalue weighted by molar-refractivity contribution is -0.142. The summed E-state index contributed by atoms with van der Waals surface area (Å²) < 4.78 is 41.5. The highest BCUT2D eigenvalue weighted by atomic mass is 19.4. The molecule has 1 aromatic heterocycles. The van der Waals surface area contributed by atoms with Crippen molar-refractivity contribution in [3.8, 4) is 5.69 Å². The molecule has 2 aromatic carbocycles. The van der Waals surface area contributed by atoms with E-state index in [0.29, 0.717) is 16.6 Å². The van der Waals surface area contributed by atoms with Gasteiger partial charge in [-0.15, -0.1) is 0 Å². The van der Waals surface area contributed by atoms with E-state index in [0.717, 1.165) is 0 Å². The summed E-state index contributed by atoms with van der Waals surface area (Å²) in [6.45, 7) is 1.52. The van der Waals surface area contributed by atoms with E-state index >= 15 is 0 Å². The van der Waals surface area contributed by atoms with Crippen LogP contribution < -0.4 is 0 Å². The first-order chi connectivity index (χ1) is 9.50. The number of rotatable bonds is 1. The van der Waals surface area contributed by atoms with Gasteiger partial charge >= 0.3 is 6.18 Å². The Balaban J connectivity index is 2.46. The average Bonchev–Trinajstić information content (AvgIpc) is 2.74. The predicted octanol–water partition coefficient (Wildman–Crippen LogP) is 4.96. The van der Waals surface area contributed by atoms with Crippen molar-refractivity contribution in [3.05, 3.63) is 65.9 Å². The van der Waals surface area contributed by atoms with Gasteiger partial charge in [0.05, 0.1) is 5.52 Å². The highest BCUT2D eigenvalue weighted by molar-refractivity contribution is 5.87. The van der Waals surface area contributed by atoms with Crippen LogP contribution in [-0.2, 0) is 6.18 Å². The summed E-state index contributed by atoms with van der Waals surface area (Å²) in [5.41, 5.74) is 0.745. The van der Waals surface area contributed by atoms with E-state index < -0.39 is 11.9 Å². The zero-order valence-electron chi connectivity index (χ0n) is 10.8. The molecule has 0 saturated heterocycles. The van der Waals surface area contributed by atoms with E-state index in [2.05, 4.69) is 0 Å². The Morgan fingerprint density at radius 1 is 0.850 bits per heavy atom. The van der Waals surface area contributed by atoms with Gasteiger partial charge in [0.2, 0.25) is 0 Å². The zero-order valence-corrected chi connectivity index (χ0v) is 10.8. The number of benzene rings is 2. The van der Waals surface area contributed by atoms with Crippen molar-refractivity contribution in [2.24, 2.45) is 0 Å². The van der Waals surface area contributed by atoms with Gasteiger partial charge in [-0.1, -0.05) is 36.4 Å². The zero-order chi connectivity index (χ0) is 14.3. The molecule has 0 fully saturated rings. The molecule has 0 saturated carbocycles. The minimum absolute atomic E-state index is 0.261. The first-order valence-corrected chi connectivity index (χ1v) is 6.23. The van der Waals surface area contributed by atoms with Crippen LogP contribution in [0.15, 0.2) is 54.6 Å². The molecule has 20 heavy (non-hydrogen) atoms. The fourth-order valence-corrected chi connectivity index (χ4v) is 2.59. The molecule has 0 atom stereocenters. The summed E-state index contributed by atoms with van der Waals surface area (Å²) in [7, 11) is 0. The van der Waals surface area contributed by atoms with E-state index in [4.69, 9.17) is 0 Å². The Morgan fingerprint density at radius 3 is 2.10 bits per heavy atom. The largest absolute Gasteiger partial charge is 0.432 e.